The van der Waals surface area contributed by atoms with E-state index in [0.717, 1.165) is 18.4 Å². The highest BCUT2D eigenvalue weighted by molar-refractivity contribution is 5.99. The first-order valence-electron chi connectivity index (χ1n) is 10.8. The molecule has 0 spiro atoms. The van der Waals surface area contributed by atoms with E-state index in [1.165, 1.54) is 12.4 Å². The summed E-state index contributed by atoms with van der Waals surface area (Å²) in [5, 5.41) is 4.95. The smallest absolute Gasteiger partial charge is 0.349 e. The number of hydrogen-bond donors (Lipinski definition) is 2. The Hall–Kier alpha value is -3.95. The zero-order chi connectivity index (χ0) is 25.2. The molecule has 0 radical (unpaired) electrons. The molecule has 3 aromatic rings. The van der Waals surface area contributed by atoms with Gasteiger partial charge in [0.05, 0.1) is 5.56 Å². The minimum absolute atomic E-state index is 0.0312. The van der Waals surface area contributed by atoms with E-state index in [0.29, 0.717) is 18.2 Å². The van der Waals surface area contributed by atoms with Crippen molar-refractivity contribution >= 4 is 11.8 Å². The van der Waals surface area contributed by atoms with Crippen LogP contribution in [0.4, 0.5) is 17.6 Å². The van der Waals surface area contributed by atoms with E-state index in [1.54, 1.807) is 28.8 Å². The summed E-state index contributed by atoms with van der Waals surface area (Å²) in [6.07, 6.45) is -0.351. The molecule has 1 fully saturated rings. The van der Waals surface area contributed by atoms with E-state index in [9.17, 15) is 31.9 Å². The molecule has 10 heteroatoms. The molecule has 0 aliphatic heterocycles. The summed E-state index contributed by atoms with van der Waals surface area (Å²) in [4.78, 5) is 38.5. The maximum absolute atomic E-state index is 14.0. The predicted molar refractivity (Wildman–Crippen MR) is 119 cm³/mol. The third kappa shape index (κ3) is 5.76. The first-order valence-corrected chi connectivity index (χ1v) is 10.8. The van der Waals surface area contributed by atoms with Gasteiger partial charge >= 0.3 is 6.18 Å². The third-order valence-corrected chi connectivity index (χ3v) is 5.61. The van der Waals surface area contributed by atoms with Gasteiger partial charge in [0, 0.05) is 37.1 Å². The molecule has 1 aliphatic rings. The minimum atomic E-state index is -4.67. The van der Waals surface area contributed by atoms with Gasteiger partial charge in [-0.25, -0.2) is 4.39 Å². The zero-order valence-electron chi connectivity index (χ0n) is 18.4. The van der Waals surface area contributed by atoms with Gasteiger partial charge in [0.2, 0.25) is 5.43 Å². The van der Waals surface area contributed by atoms with E-state index >= 15 is 0 Å². The molecule has 1 aliphatic carbocycles. The molecular weight excluding hydrogens is 466 g/mol. The van der Waals surface area contributed by atoms with Crippen LogP contribution in [0.2, 0.25) is 0 Å². The molecule has 2 N–H and O–H groups in total. The van der Waals surface area contributed by atoms with Crippen LogP contribution in [0.1, 0.15) is 56.3 Å². The Kier molecular flexibility index (Phi) is 6.72. The van der Waals surface area contributed by atoms with E-state index in [1.807, 2.05) is 6.07 Å². The lowest BCUT2D eigenvalue weighted by Gasteiger charge is -2.13. The molecule has 6 nitrogen and oxygen atoms in total. The second kappa shape index (κ2) is 9.73. The Balaban J connectivity index is 1.55. The van der Waals surface area contributed by atoms with Crippen molar-refractivity contribution in [2.45, 2.75) is 38.1 Å². The summed E-state index contributed by atoms with van der Waals surface area (Å²) in [5.41, 5.74) is -2.03. The topological polar surface area (TPSA) is 80.2 Å². The van der Waals surface area contributed by atoms with E-state index in [2.05, 4.69) is 10.6 Å². The lowest BCUT2D eigenvalue weighted by atomic mass is 10.1. The van der Waals surface area contributed by atoms with Crippen molar-refractivity contribution in [1.82, 2.24) is 15.2 Å². The molecule has 1 saturated carbocycles. The van der Waals surface area contributed by atoms with Gasteiger partial charge in [0.15, 0.2) is 0 Å². The first kappa shape index (κ1) is 24.2. The highest BCUT2D eigenvalue weighted by atomic mass is 19.4. The highest BCUT2D eigenvalue weighted by Crippen LogP contribution is 2.34. The standard InChI is InChI=1S/C25H21F4N3O3/c26-21-9-6-17(25(27,28)29)10-16(21)12-31-24(35)20-14-32(18-7-8-18)13-19(22(20)33)23(34)30-11-15-4-2-1-3-5-15/h1-6,9-10,13-14,18H,7-8,11-12H2,(H,30,34)(H,31,35). The second-order valence-corrected chi connectivity index (χ2v) is 8.25. The average molecular weight is 487 g/mol. The molecule has 0 bridgehead atoms. The van der Waals surface area contributed by atoms with Crippen molar-refractivity contribution in [3.05, 3.63) is 105 Å². The predicted octanol–water partition coefficient (Wildman–Crippen LogP) is 4.20. The maximum atomic E-state index is 14.0. The number of benzene rings is 2. The van der Waals surface area contributed by atoms with Crippen molar-refractivity contribution in [3.8, 4) is 0 Å². The Morgan fingerprint density at radius 1 is 0.914 bits per heavy atom. The van der Waals surface area contributed by atoms with Crippen LogP contribution >= 0.6 is 0 Å². The molecule has 2 aromatic carbocycles. The summed E-state index contributed by atoms with van der Waals surface area (Å²) in [5.74, 6) is -2.51. The summed E-state index contributed by atoms with van der Waals surface area (Å²) in [7, 11) is 0. The fraction of sp³-hybridized carbons (Fsp3) is 0.240. The number of nitrogens with one attached hydrogen (secondary N) is 2. The first-order chi connectivity index (χ1) is 16.6. The lowest BCUT2D eigenvalue weighted by Crippen LogP contribution is -2.35. The molecule has 0 atom stereocenters. The molecular formula is C25H21F4N3O3. The second-order valence-electron chi connectivity index (χ2n) is 8.25. The average Bonchev–Trinajstić information content (AvgIpc) is 3.67. The number of nitrogens with zero attached hydrogens (tertiary/aromatic N) is 1. The van der Waals surface area contributed by atoms with Crippen molar-refractivity contribution in [2.75, 3.05) is 0 Å². The number of carbonyl (C=O) groups is 2. The van der Waals surface area contributed by atoms with Crippen LogP contribution in [0, 0.1) is 5.82 Å². The Labute approximate surface area is 197 Å². The SMILES string of the molecule is O=C(NCc1ccccc1)c1cn(C2CC2)cc(C(=O)NCc2cc(C(F)(F)F)ccc2F)c1=O. The van der Waals surface area contributed by atoms with Gasteiger partial charge in [-0.15, -0.1) is 0 Å². The number of carbonyl (C=O) groups excluding carboxylic acids is 2. The zero-order valence-corrected chi connectivity index (χ0v) is 18.4. The maximum Gasteiger partial charge on any atom is 0.416 e. The van der Waals surface area contributed by atoms with Gasteiger partial charge in [0.1, 0.15) is 16.9 Å². The van der Waals surface area contributed by atoms with Crippen molar-refractivity contribution < 1.29 is 27.2 Å². The van der Waals surface area contributed by atoms with Crippen molar-refractivity contribution in [2.24, 2.45) is 0 Å². The summed E-state index contributed by atoms with van der Waals surface area (Å²) in [6.45, 7) is -0.393. The summed E-state index contributed by atoms with van der Waals surface area (Å²) < 4.78 is 54.5. The highest BCUT2D eigenvalue weighted by Gasteiger charge is 2.31. The van der Waals surface area contributed by atoms with Crippen molar-refractivity contribution in [3.63, 3.8) is 0 Å². The van der Waals surface area contributed by atoms with Gasteiger partial charge < -0.3 is 15.2 Å². The molecule has 1 heterocycles. The van der Waals surface area contributed by atoms with Crippen LogP contribution in [-0.2, 0) is 19.3 Å². The Bertz CT molecular complexity index is 1320. The monoisotopic (exact) mass is 487 g/mol. The molecule has 182 valence electrons. The Morgan fingerprint density at radius 2 is 1.51 bits per heavy atom. The fourth-order valence-corrected chi connectivity index (χ4v) is 3.54. The fourth-order valence-electron chi connectivity index (χ4n) is 3.54. The van der Waals surface area contributed by atoms with Crippen LogP contribution < -0.4 is 16.1 Å². The van der Waals surface area contributed by atoms with Crippen LogP contribution in [0.15, 0.2) is 65.7 Å². The molecule has 0 saturated heterocycles. The number of halogens is 4. The van der Waals surface area contributed by atoms with E-state index in [4.69, 9.17) is 0 Å². The van der Waals surface area contributed by atoms with Crippen LogP contribution in [0.3, 0.4) is 0 Å². The largest absolute Gasteiger partial charge is 0.416 e. The number of hydrogen-bond acceptors (Lipinski definition) is 3. The quantitative estimate of drug-likeness (QED) is 0.491. The lowest BCUT2D eigenvalue weighted by molar-refractivity contribution is -0.137. The number of pyridine rings is 1. The van der Waals surface area contributed by atoms with E-state index < -0.39 is 41.3 Å². The number of alkyl halides is 3. The molecule has 4 rings (SSSR count). The van der Waals surface area contributed by atoms with Crippen molar-refractivity contribution in [1.29, 1.82) is 0 Å². The molecule has 2 amide bonds. The third-order valence-electron chi connectivity index (χ3n) is 5.61. The molecule has 1 aromatic heterocycles. The number of aromatic nitrogens is 1. The molecule has 0 unspecified atom stereocenters. The Morgan fingerprint density at radius 3 is 2.09 bits per heavy atom. The summed E-state index contributed by atoms with van der Waals surface area (Å²) in [6, 6.07) is 11.0. The van der Waals surface area contributed by atoms with Gasteiger partial charge in [-0.1, -0.05) is 30.3 Å². The van der Waals surface area contributed by atoms with Crippen LogP contribution in [-0.4, -0.2) is 16.4 Å². The van der Waals surface area contributed by atoms with Gasteiger partial charge in [-0.05, 0) is 36.6 Å². The minimum Gasteiger partial charge on any atom is -0.349 e. The number of rotatable bonds is 7. The van der Waals surface area contributed by atoms with E-state index in [-0.39, 0.29) is 29.3 Å². The van der Waals surface area contributed by atoms with Gasteiger partial charge in [0.25, 0.3) is 11.8 Å². The van der Waals surface area contributed by atoms with Gasteiger partial charge in [-0.2, -0.15) is 13.2 Å². The molecule has 35 heavy (non-hydrogen) atoms. The van der Waals surface area contributed by atoms with Crippen LogP contribution in [0.25, 0.3) is 0 Å². The summed E-state index contributed by atoms with van der Waals surface area (Å²) >= 11 is 0. The number of amides is 2. The normalized spacial score (nSPS) is 13.4. The van der Waals surface area contributed by atoms with Crippen LogP contribution in [0.5, 0.6) is 0 Å². The van der Waals surface area contributed by atoms with Gasteiger partial charge in [-0.3, -0.25) is 14.4 Å².